The van der Waals surface area contributed by atoms with Crippen LogP contribution in [-0.4, -0.2) is 14.2 Å². The Balaban J connectivity index is 2.54. The van der Waals surface area contributed by atoms with E-state index in [-0.39, 0.29) is 11.9 Å². The van der Waals surface area contributed by atoms with Gasteiger partial charge < -0.3 is 10.1 Å². The highest BCUT2D eigenvalue weighted by Gasteiger charge is 2.18. The van der Waals surface area contributed by atoms with Crippen LogP contribution in [0.4, 0.5) is 4.39 Å². The average molecular weight is 338 g/mol. The fourth-order valence-corrected chi connectivity index (χ4v) is 2.74. The van der Waals surface area contributed by atoms with Gasteiger partial charge in [0.25, 0.3) is 0 Å². The molecule has 2 aromatic carbocycles. The number of hydrogen-bond acceptors (Lipinski definition) is 2. The summed E-state index contributed by atoms with van der Waals surface area (Å²) in [7, 11) is 3.49. The molecule has 0 saturated carbocycles. The second kappa shape index (κ2) is 6.37. The third-order valence-corrected chi connectivity index (χ3v) is 3.68. The van der Waals surface area contributed by atoms with Crippen molar-refractivity contribution in [2.75, 3.05) is 14.2 Å². The molecule has 20 heavy (non-hydrogen) atoms. The van der Waals surface area contributed by atoms with Crippen molar-refractivity contribution in [2.45, 2.75) is 13.0 Å². The Hall–Kier alpha value is -1.39. The lowest BCUT2D eigenvalue weighted by molar-refractivity contribution is 0.405. The minimum atomic E-state index is -0.228. The van der Waals surface area contributed by atoms with E-state index in [0.717, 1.165) is 26.9 Å². The zero-order valence-electron chi connectivity index (χ0n) is 11.7. The predicted octanol–water partition coefficient (Wildman–Crippen LogP) is 4.21. The summed E-state index contributed by atoms with van der Waals surface area (Å²) in [4.78, 5) is 0. The van der Waals surface area contributed by atoms with Crippen molar-refractivity contribution in [1.29, 1.82) is 0 Å². The highest BCUT2D eigenvalue weighted by molar-refractivity contribution is 9.10. The summed E-state index contributed by atoms with van der Waals surface area (Å²) in [6, 6.07) is 10.7. The van der Waals surface area contributed by atoms with Crippen molar-refractivity contribution in [1.82, 2.24) is 5.32 Å². The lowest BCUT2D eigenvalue weighted by Gasteiger charge is -2.20. The zero-order chi connectivity index (χ0) is 14.7. The van der Waals surface area contributed by atoms with Crippen LogP contribution in [0.15, 0.2) is 40.9 Å². The first-order valence-corrected chi connectivity index (χ1v) is 7.12. The monoisotopic (exact) mass is 337 g/mol. The number of nitrogens with one attached hydrogen (secondary N) is 1. The summed E-state index contributed by atoms with van der Waals surface area (Å²) in [5.41, 5.74) is 2.74. The minimum Gasteiger partial charge on any atom is -0.496 e. The standard InChI is InChI=1S/C16H17BrFNO/c1-10-6-11(8-13(18)7-10)16(19-2)14-9-12(17)4-5-15(14)20-3/h4-9,16,19H,1-3H3. The molecule has 0 amide bonds. The molecule has 0 radical (unpaired) electrons. The molecule has 2 nitrogen and oxygen atoms in total. The Morgan fingerprint density at radius 3 is 2.55 bits per heavy atom. The normalized spacial score (nSPS) is 12.2. The van der Waals surface area contributed by atoms with Gasteiger partial charge in [0.05, 0.1) is 13.2 Å². The fourth-order valence-electron chi connectivity index (χ4n) is 2.36. The van der Waals surface area contributed by atoms with E-state index in [1.165, 1.54) is 6.07 Å². The summed E-state index contributed by atoms with van der Waals surface area (Å²) in [5, 5.41) is 3.22. The molecule has 1 unspecified atom stereocenters. The Morgan fingerprint density at radius 2 is 1.95 bits per heavy atom. The Morgan fingerprint density at radius 1 is 1.20 bits per heavy atom. The first-order valence-electron chi connectivity index (χ1n) is 6.33. The maximum absolute atomic E-state index is 13.6. The third-order valence-electron chi connectivity index (χ3n) is 3.19. The predicted molar refractivity (Wildman–Crippen MR) is 82.7 cm³/mol. The van der Waals surface area contributed by atoms with Gasteiger partial charge in [0.1, 0.15) is 11.6 Å². The van der Waals surface area contributed by atoms with Crippen LogP contribution in [0.5, 0.6) is 5.75 Å². The molecule has 0 bridgehead atoms. The molecule has 0 aliphatic carbocycles. The van der Waals surface area contributed by atoms with Crippen LogP contribution >= 0.6 is 15.9 Å². The highest BCUT2D eigenvalue weighted by Crippen LogP contribution is 2.32. The van der Waals surface area contributed by atoms with Gasteiger partial charge in [0, 0.05) is 10.0 Å². The van der Waals surface area contributed by atoms with Crippen LogP contribution in [0, 0.1) is 12.7 Å². The Labute approximate surface area is 127 Å². The van der Waals surface area contributed by atoms with Crippen LogP contribution in [0.2, 0.25) is 0 Å². The molecular weight excluding hydrogens is 321 g/mol. The minimum absolute atomic E-state index is 0.128. The lowest BCUT2D eigenvalue weighted by atomic mass is 9.96. The molecule has 0 spiro atoms. The van der Waals surface area contributed by atoms with Crippen LogP contribution in [0.3, 0.4) is 0 Å². The molecule has 0 saturated heterocycles. The van der Waals surface area contributed by atoms with Crippen LogP contribution in [-0.2, 0) is 0 Å². The first kappa shape index (κ1) is 15.0. The molecular formula is C16H17BrFNO. The number of ether oxygens (including phenoxy) is 1. The van der Waals surface area contributed by atoms with Crippen molar-refractivity contribution < 1.29 is 9.13 Å². The lowest BCUT2D eigenvalue weighted by Crippen LogP contribution is -2.19. The molecule has 2 rings (SSSR count). The quantitative estimate of drug-likeness (QED) is 0.902. The van der Waals surface area contributed by atoms with E-state index in [4.69, 9.17) is 4.74 Å². The number of methoxy groups -OCH3 is 1. The third kappa shape index (κ3) is 3.19. The van der Waals surface area contributed by atoms with E-state index in [2.05, 4.69) is 21.2 Å². The van der Waals surface area contributed by atoms with Gasteiger partial charge in [-0.15, -0.1) is 0 Å². The number of hydrogen-bond donors (Lipinski definition) is 1. The smallest absolute Gasteiger partial charge is 0.124 e. The molecule has 106 valence electrons. The van der Waals surface area contributed by atoms with Crippen molar-refractivity contribution in [3.8, 4) is 5.75 Å². The van der Waals surface area contributed by atoms with Crippen molar-refractivity contribution in [2.24, 2.45) is 0 Å². The van der Waals surface area contributed by atoms with E-state index in [1.807, 2.05) is 38.2 Å². The van der Waals surface area contributed by atoms with Gasteiger partial charge in [0.2, 0.25) is 0 Å². The molecule has 4 heteroatoms. The largest absolute Gasteiger partial charge is 0.496 e. The van der Waals surface area contributed by atoms with Gasteiger partial charge >= 0.3 is 0 Å². The maximum Gasteiger partial charge on any atom is 0.124 e. The summed E-state index contributed by atoms with van der Waals surface area (Å²) in [5.74, 6) is 0.545. The number of aryl methyl sites for hydroxylation is 1. The van der Waals surface area contributed by atoms with Crippen molar-refractivity contribution >= 4 is 15.9 Å². The van der Waals surface area contributed by atoms with E-state index < -0.39 is 0 Å². The average Bonchev–Trinajstić information content (AvgIpc) is 2.39. The SMILES string of the molecule is CNC(c1cc(C)cc(F)c1)c1cc(Br)ccc1OC. The van der Waals surface area contributed by atoms with Gasteiger partial charge in [-0.3, -0.25) is 0 Å². The first-order chi connectivity index (χ1) is 9.55. The molecule has 2 aromatic rings. The number of benzene rings is 2. The fraction of sp³-hybridized carbons (Fsp3) is 0.250. The Kier molecular flexibility index (Phi) is 4.78. The number of rotatable bonds is 4. The molecule has 1 N–H and O–H groups in total. The topological polar surface area (TPSA) is 21.3 Å². The van der Waals surface area contributed by atoms with Crippen LogP contribution in [0.25, 0.3) is 0 Å². The van der Waals surface area contributed by atoms with E-state index >= 15 is 0 Å². The van der Waals surface area contributed by atoms with E-state index in [1.54, 1.807) is 13.2 Å². The van der Waals surface area contributed by atoms with Gasteiger partial charge in [-0.25, -0.2) is 4.39 Å². The molecule has 0 aromatic heterocycles. The highest BCUT2D eigenvalue weighted by atomic mass is 79.9. The molecule has 1 atom stereocenters. The van der Waals surface area contributed by atoms with Gasteiger partial charge in [-0.1, -0.05) is 22.0 Å². The zero-order valence-corrected chi connectivity index (χ0v) is 13.3. The molecule has 0 fully saturated rings. The van der Waals surface area contributed by atoms with Crippen LogP contribution < -0.4 is 10.1 Å². The van der Waals surface area contributed by atoms with Crippen LogP contribution in [0.1, 0.15) is 22.7 Å². The Bertz CT molecular complexity index is 595. The van der Waals surface area contributed by atoms with E-state index in [9.17, 15) is 4.39 Å². The van der Waals surface area contributed by atoms with E-state index in [0.29, 0.717) is 0 Å². The second-order valence-electron chi connectivity index (χ2n) is 4.67. The number of halogens is 2. The van der Waals surface area contributed by atoms with Gasteiger partial charge in [0.15, 0.2) is 0 Å². The molecule has 0 aliphatic heterocycles. The summed E-state index contributed by atoms with van der Waals surface area (Å²) in [6.45, 7) is 1.89. The van der Waals surface area contributed by atoms with Gasteiger partial charge in [-0.2, -0.15) is 0 Å². The second-order valence-corrected chi connectivity index (χ2v) is 5.59. The molecule has 0 aliphatic rings. The van der Waals surface area contributed by atoms with Crippen molar-refractivity contribution in [3.63, 3.8) is 0 Å². The van der Waals surface area contributed by atoms with Gasteiger partial charge in [-0.05, 0) is 55.4 Å². The maximum atomic E-state index is 13.6. The summed E-state index contributed by atoms with van der Waals surface area (Å²) >= 11 is 3.47. The molecule has 0 heterocycles. The summed E-state index contributed by atoms with van der Waals surface area (Å²) < 4.78 is 20.0. The summed E-state index contributed by atoms with van der Waals surface area (Å²) in [6.07, 6.45) is 0. The van der Waals surface area contributed by atoms with Crippen molar-refractivity contribution in [3.05, 3.63) is 63.4 Å².